The van der Waals surface area contributed by atoms with Gasteiger partial charge in [-0.2, -0.15) is 9.97 Å². The number of nitrogen functional groups attached to an aromatic ring is 3. The number of rotatable bonds is 0. The Morgan fingerprint density at radius 2 is 1.37 bits per heavy atom. The Balaban J connectivity index is 0.000000291. The maximum Gasteiger partial charge on any atom is 0.349 e. The molecule has 6 aromatic rings. The number of aromatic nitrogens is 12. The minimum absolute atomic E-state index is 0. The highest BCUT2D eigenvalue weighted by molar-refractivity contribution is 5.80. The summed E-state index contributed by atoms with van der Waals surface area (Å²) < 4.78 is 6.13. The topological polar surface area (TPSA) is 275 Å². The highest BCUT2D eigenvalue weighted by Gasteiger charge is 2.05. The molecule has 8 N–H and O–H groups in total. The maximum absolute atomic E-state index is 11.2. The molecule has 0 aliphatic carbocycles. The van der Waals surface area contributed by atoms with E-state index in [0.29, 0.717) is 28.1 Å². The number of imidazole rings is 2. The largest absolute Gasteiger partial charge is 0.383 e. The lowest BCUT2D eigenvalue weighted by Crippen LogP contribution is -2.28. The Bertz CT molecular complexity index is 2060. The first-order chi connectivity index (χ1) is 19.8. The van der Waals surface area contributed by atoms with Gasteiger partial charge in [-0.05, 0) is 13.0 Å². The van der Waals surface area contributed by atoms with Gasteiger partial charge in [0.2, 0.25) is 5.95 Å². The van der Waals surface area contributed by atoms with Gasteiger partial charge in [-0.15, -0.1) is 0 Å². The Hall–Kier alpha value is -6.14. The monoisotopic (exact) mass is 599 g/mol. The van der Waals surface area contributed by atoms with Crippen molar-refractivity contribution in [2.75, 3.05) is 17.2 Å². The molecule has 0 aromatic carbocycles. The average molecular weight is 600 g/mol. The fraction of sp³-hybridized carbons (Fsp3) is 0.250. The normalized spacial score (nSPS) is 9.98. The number of hydrogen-bond donors (Lipinski definition) is 5. The second kappa shape index (κ2) is 14.0. The van der Waals surface area contributed by atoms with E-state index in [2.05, 4.69) is 39.9 Å². The zero-order valence-electron chi connectivity index (χ0n) is 23.3. The number of H-pyrrole nitrogens is 2. The first-order valence-corrected chi connectivity index (χ1v) is 11.9. The molecule has 6 aromatic heterocycles. The van der Waals surface area contributed by atoms with E-state index in [1.54, 1.807) is 55.8 Å². The van der Waals surface area contributed by atoms with E-state index in [-0.39, 0.29) is 43.1 Å². The third-order valence-electron chi connectivity index (χ3n) is 5.40. The summed E-state index contributed by atoms with van der Waals surface area (Å²) >= 11 is 0. The first kappa shape index (κ1) is 33.1. The molecule has 0 bridgehead atoms. The summed E-state index contributed by atoms with van der Waals surface area (Å²) in [4.78, 5) is 70.8. The fourth-order valence-electron chi connectivity index (χ4n) is 3.17. The van der Waals surface area contributed by atoms with Crippen molar-refractivity contribution in [1.29, 1.82) is 0 Å². The molecule has 0 saturated carbocycles. The van der Waals surface area contributed by atoms with E-state index >= 15 is 0 Å². The quantitative estimate of drug-likeness (QED) is 0.137. The van der Waals surface area contributed by atoms with Crippen molar-refractivity contribution in [1.82, 2.24) is 58.1 Å². The molecule has 19 nitrogen and oxygen atoms in total. The summed E-state index contributed by atoms with van der Waals surface area (Å²) in [5.74, 6) is 0.796. The lowest BCUT2D eigenvalue weighted by atomic mass is 10.4. The van der Waals surface area contributed by atoms with Crippen LogP contribution in [0.2, 0.25) is 0 Å². The molecule has 0 amide bonds. The van der Waals surface area contributed by atoms with Crippen LogP contribution in [-0.4, -0.2) is 58.1 Å². The van der Waals surface area contributed by atoms with Crippen LogP contribution in [0.4, 0.5) is 17.6 Å². The molecule has 19 heteroatoms. The van der Waals surface area contributed by atoms with E-state index in [0.717, 1.165) is 5.65 Å². The highest BCUT2D eigenvalue weighted by atomic mass is 16.2. The van der Waals surface area contributed by atoms with Gasteiger partial charge in [0, 0.05) is 47.6 Å². The second-order valence-corrected chi connectivity index (χ2v) is 8.69. The van der Waals surface area contributed by atoms with Crippen LogP contribution < -0.4 is 39.7 Å². The summed E-state index contributed by atoms with van der Waals surface area (Å²) in [7, 11) is 6.82. The lowest BCUT2D eigenvalue weighted by Gasteiger charge is -1.94. The standard InChI is InChI=1S/C6H7N5O.C6H7N5.C6H8N2O2.C5H7N3O.CH4.H2/c1-11-2-8-3-4(11)9-6(7)10-5(3)12;1-11-3-10-4-5(7)8-2-9-6(4)11;1-4-3-8(2)6(10)7-5(4)9;1-8-3-2-4(6)7-5(8)9;;/h2H,1H3,(H3,7,9,10,12);2-3H,1H3,(H2,7,8,9);3H,1-2H3,(H,7,9,10);2-3H,1H3,(H2,6,7,9);1H4;1H/i;;;;;1+2. The summed E-state index contributed by atoms with van der Waals surface area (Å²) in [6.07, 6.45) is 7.69. The van der Waals surface area contributed by atoms with Crippen molar-refractivity contribution in [2.45, 2.75) is 14.4 Å². The van der Waals surface area contributed by atoms with Gasteiger partial charge in [-0.1, -0.05) is 7.43 Å². The van der Waals surface area contributed by atoms with Crippen LogP contribution in [0.3, 0.4) is 0 Å². The van der Waals surface area contributed by atoms with Gasteiger partial charge in [-0.3, -0.25) is 19.6 Å². The first-order valence-electron chi connectivity index (χ1n) is 11.9. The zero-order chi connectivity index (χ0) is 31.1. The number of nitrogens with zero attached hydrogens (tertiary/aromatic N) is 10. The molecule has 230 valence electrons. The van der Waals surface area contributed by atoms with E-state index in [9.17, 15) is 19.2 Å². The van der Waals surface area contributed by atoms with Gasteiger partial charge in [0.15, 0.2) is 22.6 Å². The van der Waals surface area contributed by atoms with Crippen molar-refractivity contribution in [3.8, 4) is 0 Å². The average Bonchev–Trinajstić information content (AvgIpc) is 3.50. The summed E-state index contributed by atoms with van der Waals surface area (Å²) in [5, 5.41) is 0. The van der Waals surface area contributed by atoms with Crippen molar-refractivity contribution < 1.29 is 1.43 Å². The predicted molar refractivity (Wildman–Crippen MR) is 164 cm³/mol. The smallest absolute Gasteiger partial charge is 0.349 e. The molecule has 43 heavy (non-hydrogen) atoms. The van der Waals surface area contributed by atoms with Crippen LogP contribution in [0, 0.1) is 6.92 Å². The van der Waals surface area contributed by atoms with Crippen molar-refractivity contribution in [3.05, 3.63) is 84.7 Å². The number of aryl methyl sites for hydroxylation is 5. The number of nitrogens with two attached hydrogens (primary N) is 3. The molecule has 0 aliphatic heterocycles. The van der Waals surface area contributed by atoms with Crippen molar-refractivity contribution in [3.63, 3.8) is 0 Å². The summed E-state index contributed by atoms with van der Waals surface area (Å²) in [6.45, 7) is 1.65. The minimum Gasteiger partial charge on any atom is -0.383 e. The number of hydrogen-bond acceptors (Lipinski definition) is 13. The molecule has 0 saturated heterocycles. The Morgan fingerprint density at radius 3 is 1.95 bits per heavy atom. The van der Waals surface area contributed by atoms with Gasteiger partial charge in [0.1, 0.15) is 17.7 Å². The van der Waals surface area contributed by atoms with Crippen LogP contribution >= 0.6 is 0 Å². The molecule has 0 spiro atoms. The Labute approximate surface area is 244 Å². The van der Waals surface area contributed by atoms with Gasteiger partial charge < -0.3 is 35.5 Å². The molecule has 0 atom stereocenters. The molecule has 0 fully saturated rings. The Morgan fingerprint density at radius 1 is 0.744 bits per heavy atom. The van der Waals surface area contributed by atoms with Gasteiger partial charge in [0.25, 0.3) is 11.1 Å². The van der Waals surface area contributed by atoms with Crippen molar-refractivity contribution in [2.24, 2.45) is 28.2 Å². The maximum atomic E-state index is 11.2. The Kier molecular flexibility index (Phi) is 10.7. The van der Waals surface area contributed by atoms with E-state index < -0.39 is 0 Å². The molecule has 0 radical (unpaired) electrons. The fourth-order valence-corrected chi connectivity index (χ4v) is 3.17. The van der Waals surface area contributed by atoms with E-state index in [1.807, 2.05) is 7.05 Å². The van der Waals surface area contributed by atoms with Crippen LogP contribution in [0.5, 0.6) is 0 Å². The lowest BCUT2D eigenvalue weighted by molar-refractivity contribution is 0.789. The number of fused-ring (bicyclic) bond motifs is 2. The number of nitrogens with one attached hydrogen (secondary N) is 2. The number of anilines is 3. The van der Waals surface area contributed by atoms with Crippen LogP contribution in [0.1, 0.15) is 14.4 Å². The SMILES string of the molecule is C.Cc1cn(C)c(=O)[nH]c1=O.Cn1ccc(N)nc1=O.Cn1cnc2c(=O)[nH]c(N)nc21.Cn1cnc2c(N)ncnc21.[3HH]. The van der Waals surface area contributed by atoms with Crippen LogP contribution in [0.25, 0.3) is 22.3 Å². The van der Waals surface area contributed by atoms with Gasteiger partial charge >= 0.3 is 11.4 Å². The molecule has 6 heterocycles. The second-order valence-electron chi connectivity index (χ2n) is 8.69. The minimum atomic E-state index is -0.379. The molecular weight excluding hydrogens is 562 g/mol. The number of aromatic amines is 2. The molecule has 0 unspecified atom stereocenters. The van der Waals surface area contributed by atoms with Crippen LogP contribution in [-0.2, 0) is 28.2 Å². The molecular formula is C24H35N15O4. The van der Waals surface area contributed by atoms with E-state index in [4.69, 9.17) is 17.2 Å². The third kappa shape index (κ3) is 8.19. The van der Waals surface area contributed by atoms with Crippen LogP contribution in [0.15, 0.2) is 56.6 Å². The van der Waals surface area contributed by atoms with Crippen molar-refractivity contribution >= 4 is 39.9 Å². The predicted octanol–water partition coefficient (Wildman–Crippen LogP) is -1.19. The molecule has 0 aliphatic rings. The van der Waals surface area contributed by atoms with Gasteiger partial charge in [0.05, 0.1) is 12.7 Å². The zero-order valence-corrected chi connectivity index (χ0v) is 23.3. The third-order valence-corrected chi connectivity index (χ3v) is 5.40. The van der Waals surface area contributed by atoms with E-state index in [1.165, 1.54) is 28.0 Å². The highest BCUT2D eigenvalue weighted by Crippen LogP contribution is 2.11. The molecule has 6 rings (SSSR count). The summed E-state index contributed by atoms with van der Waals surface area (Å²) in [5.41, 5.74) is 17.5. The summed E-state index contributed by atoms with van der Waals surface area (Å²) in [6, 6.07) is 1.57. The van der Waals surface area contributed by atoms with Gasteiger partial charge in [-0.25, -0.2) is 29.5 Å².